The Morgan fingerprint density at radius 2 is 2.00 bits per heavy atom. The van der Waals surface area contributed by atoms with Crippen molar-refractivity contribution in [2.24, 2.45) is 11.7 Å². The summed E-state index contributed by atoms with van der Waals surface area (Å²) in [6.45, 7) is 1.63. The second-order valence-electron chi connectivity index (χ2n) is 4.42. The van der Waals surface area contributed by atoms with E-state index in [1.165, 1.54) is 6.07 Å². The van der Waals surface area contributed by atoms with Crippen molar-refractivity contribution in [2.75, 3.05) is 13.2 Å². The fourth-order valence-electron chi connectivity index (χ4n) is 2.24. The highest BCUT2D eigenvalue weighted by Crippen LogP contribution is 2.27. The van der Waals surface area contributed by atoms with Crippen molar-refractivity contribution in [3.05, 3.63) is 35.6 Å². The zero-order valence-electron chi connectivity index (χ0n) is 9.36. The van der Waals surface area contributed by atoms with E-state index < -0.39 is 0 Å². The quantitative estimate of drug-likeness (QED) is 0.855. The molecule has 1 aliphatic rings. The zero-order valence-corrected chi connectivity index (χ0v) is 9.36. The largest absolute Gasteiger partial charge is 0.381 e. The lowest BCUT2D eigenvalue weighted by molar-refractivity contribution is 0.0617. The van der Waals surface area contributed by atoms with Crippen LogP contribution in [0.2, 0.25) is 0 Å². The molecule has 0 spiro atoms. The Kier molecular flexibility index (Phi) is 3.91. The van der Waals surface area contributed by atoms with Crippen LogP contribution in [-0.2, 0) is 4.74 Å². The Morgan fingerprint density at radius 1 is 1.31 bits per heavy atom. The molecule has 0 radical (unpaired) electrons. The van der Waals surface area contributed by atoms with Crippen LogP contribution in [0.15, 0.2) is 24.3 Å². The molecule has 1 heterocycles. The Balaban J connectivity index is 1.96. The Bertz CT molecular complexity index is 336. The summed E-state index contributed by atoms with van der Waals surface area (Å²) in [6, 6.07) is 6.59. The first-order valence-electron chi connectivity index (χ1n) is 5.85. The molecule has 1 saturated heterocycles. The molecule has 0 unspecified atom stereocenters. The number of rotatable bonds is 3. The van der Waals surface area contributed by atoms with Crippen LogP contribution in [0.5, 0.6) is 0 Å². The van der Waals surface area contributed by atoms with Crippen LogP contribution in [0.3, 0.4) is 0 Å². The summed E-state index contributed by atoms with van der Waals surface area (Å²) in [4.78, 5) is 0. The predicted molar refractivity (Wildman–Crippen MR) is 61.5 cm³/mol. The number of halogens is 1. The normalized spacial score (nSPS) is 19.6. The number of ether oxygens (including phenoxy) is 1. The molecule has 0 saturated carbocycles. The highest BCUT2D eigenvalue weighted by molar-refractivity contribution is 5.20. The van der Waals surface area contributed by atoms with Crippen molar-refractivity contribution in [1.29, 1.82) is 0 Å². The molecule has 3 heteroatoms. The molecule has 1 atom stereocenters. The number of benzene rings is 1. The van der Waals surface area contributed by atoms with Crippen molar-refractivity contribution in [2.45, 2.75) is 25.3 Å². The molecule has 0 aromatic heterocycles. The van der Waals surface area contributed by atoms with Gasteiger partial charge in [-0.3, -0.25) is 0 Å². The summed E-state index contributed by atoms with van der Waals surface area (Å²) in [7, 11) is 0. The molecule has 16 heavy (non-hydrogen) atoms. The lowest BCUT2D eigenvalue weighted by atomic mass is 9.90. The minimum atomic E-state index is -0.193. The molecular weight excluding hydrogens is 205 g/mol. The lowest BCUT2D eigenvalue weighted by Crippen LogP contribution is -2.22. The van der Waals surface area contributed by atoms with Gasteiger partial charge in [-0.2, -0.15) is 0 Å². The molecule has 0 amide bonds. The minimum Gasteiger partial charge on any atom is -0.381 e. The van der Waals surface area contributed by atoms with E-state index in [4.69, 9.17) is 10.5 Å². The van der Waals surface area contributed by atoms with Crippen LogP contribution in [0.1, 0.15) is 30.9 Å². The van der Waals surface area contributed by atoms with E-state index in [1.54, 1.807) is 12.1 Å². The van der Waals surface area contributed by atoms with Gasteiger partial charge in [-0.15, -0.1) is 0 Å². The summed E-state index contributed by atoms with van der Waals surface area (Å²) in [6.07, 6.45) is 2.94. The van der Waals surface area contributed by atoms with E-state index in [9.17, 15) is 4.39 Å². The SMILES string of the molecule is N[C@H](CC1CCOCC1)c1ccccc1F. The van der Waals surface area contributed by atoms with Gasteiger partial charge in [-0.1, -0.05) is 18.2 Å². The molecule has 88 valence electrons. The van der Waals surface area contributed by atoms with Crippen molar-refractivity contribution < 1.29 is 9.13 Å². The second kappa shape index (κ2) is 5.41. The van der Waals surface area contributed by atoms with Gasteiger partial charge in [0.15, 0.2) is 0 Å². The molecule has 1 aromatic rings. The van der Waals surface area contributed by atoms with Crippen molar-refractivity contribution in [3.63, 3.8) is 0 Å². The first-order chi connectivity index (χ1) is 7.77. The maximum atomic E-state index is 13.5. The van der Waals surface area contributed by atoms with E-state index in [-0.39, 0.29) is 11.9 Å². The summed E-state index contributed by atoms with van der Waals surface area (Å²) in [5.74, 6) is 0.380. The van der Waals surface area contributed by atoms with Crippen LogP contribution in [0.4, 0.5) is 4.39 Å². The topological polar surface area (TPSA) is 35.2 Å². The maximum absolute atomic E-state index is 13.5. The first-order valence-corrected chi connectivity index (χ1v) is 5.85. The minimum absolute atomic E-state index is 0.190. The summed E-state index contributed by atoms with van der Waals surface area (Å²) in [5.41, 5.74) is 6.68. The fourth-order valence-corrected chi connectivity index (χ4v) is 2.24. The highest BCUT2D eigenvalue weighted by Gasteiger charge is 2.19. The van der Waals surface area contributed by atoms with Crippen molar-refractivity contribution >= 4 is 0 Å². The van der Waals surface area contributed by atoms with Gasteiger partial charge in [-0.25, -0.2) is 4.39 Å². The molecular formula is C13H18FNO. The predicted octanol–water partition coefficient (Wildman–Crippen LogP) is 2.64. The van der Waals surface area contributed by atoms with Crippen LogP contribution in [0, 0.1) is 11.7 Å². The lowest BCUT2D eigenvalue weighted by Gasteiger charge is -2.25. The van der Waals surface area contributed by atoms with E-state index in [2.05, 4.69) is 0 Å². The standard InChI is InChI=1S/C13H18FNO/c14-12-4-2-1-3-11(12)13(15)9-10-5-7-16-8-6-10/h1-4,10,13H,5-9,15H2/t13-/m1/s1. The van der Waals surface area contributed by atoms with Crippen LogP contribution in [-0.4, -0.2) is 13.2 Å². The molecule has 0 bridgehead atoms. The third kappa shape index (κ3) is 2.80. The number of hydrogen-bond acceptors (Lipinski definition) is 2. The Hall–Kier alpha value is -0.930. The average molecular weight is 223 g/mol. The van der Waals surface area contributed by atoms with Crippen LogP contribution >= 0.6 is 0 Å². The summed E-state index contributed by atoms with van der Waals surface area (Å²) < 4.78 is 18.8. The van der Waals surface area contributed by atoms with Crippen LogP contribution in [0.25, 0.3) is 0 Å². The monoisotopic (exact) mass is 223 g/mol. The molecule has 2 nitrogen and oxygen atoms in total. The average Bonchev–Trinajstić information content (AvgIpc) is 2.31. The summed E-state index contributed by atoms with van der Waals surface area (Å²) >= 11 is 0. The highest BCUT2D eigenvalue weighted by atomic mass is 19.1. The summed E-state index contributed by atoms with van der Waals surface area (Å²) in [5, 5.41) is 0. The zero-order chi connectivity index (χ0) is 11.4. The second-order valence-corrected chi connectivity index (χ2v) is 4.42. The fraction of sp³-hybridized carbons (Fsp3) is 0.538. The van der Waals surface area contributed by atoms with Gasteiger partial charge >= 0.3 is 0 Å². The molecule has 2 N–H and O–H groups in total. The van der Waals surface area contributed by atoms with E-state index in [0.29, 0.717) is 11.5 Å². The van der Waals surface area contributed by atoms with E-state index in [1.807, 2.05) is 6.07 Å². The Labute approximate surface area is 95.6 Å². The molecule has 0 aliphatic carbocycles. The molecule has 1 aromatic carbocycles. The number of hydrogen-bond donors (Lipinski definition) is 1. The third-order valence-electron chi connectivity index (χ3n) is 3.23. The first kappa shape index (κ1) is 11.6. The van der Waals surface area contributed by atoms with Gasteiger partial charge in [-0.05, 0) is 31.2 Å². The smallest absolute Gasteiger partial charge is 0.127 e. The molecule has 1 fully saturated rings. The van der Waals surface area contributed by atoms with Gasteiger partial charge in [0.05, 0.1) is 0 Å². The van der Waals surface area contributed by atoms with Gasteiger partial charge in [0.1, 0.15) is 5.82 Å². The molecule has 2 rings (SSSR count). The third-order valence-corrected chi connectivity index (χ3v) is 3.23. The van der Waals surface area contributed by atoms with Gasteiger partial charge in [0.2, 0.25) is 0 Å². The number of nitrogens with two attached hydrogens (primary N) is 1. The van der Waals surface area contributed by atoms with Gasteiger partial charge in [0, 0.05) is 24.8 Å². The molecule has 1 aliphatic heterocycles. The van der Waals surface area contributed by atoms with E-state index >= 15 is 0 Å². The van der Waals surface area contributed by atoms with E-state index in [0.717, 1.165) is 32.5 Å². The Morgan fingerprint density at radius 3 is 2.69 bits per heavy atom. The van der Waals surface area contributed by atoms with Gasteiger partial charge < -0.3 is 10.5 Å². The maximum Gasteiger partial charge on any atom is 0.127 e. The van der Waals surface area contributed by atoms with Crippen molar-refractivity contribution in [3.8, 4) is 0 Å². The van der Waals surface area contributed by atoms with Gasteiger partial charge in [0.25, 0.3) is 0 Å². The van der Waals surface area contributed by atoms with Crippen molar-refractivity contribution in [1.82, 2.24) is 0 Å². The van der Waals surface area contributed by atoms with Crippen LogP contribution < -0.4 is 5.73 Å².